The minimum Gasteiger partial charge on any atom is -0.508 e. The molecule has 24 N–H and O–H groups in total. The van der Waals surface area contributed by atoms with Crippen LogP contribution in [-0.4, -0.2) is 248 Å². The van der Waals surface area contributed by atoms with E-state index in [1.54, 1.807) is 0 Å². The lowest BCUT2D eigenvalue weighted by atomic mass is 9.89. The Morgan fingerprint density at radius 2 is 1.20 bits per heavy atom. The van der Waals surface area contributed by atoms with Crippen LogP contribution in [0.15, 0.2) is 115 Å². The monoisotopic (exact) mass is 1900 g/mol. The standard InChI is InChI=1S/C92H110Cl2N12O28/c1-42(2)13-8-6-5-7-9-14-65(112)100-74-77(115)79(117)82(90(126)127-4)134-91(74)133-81-62-35-47-36-63(81)130-59-24-19-46(33-54(59)93)75(113)73-89(125)104-71(84(120)98-27-12-30-106(28-10-25-95)29-11-26-96)52-37-48(108)38-61(131-92-80(118)78(116)76(114)64(41-107)132-92)66(52)51-32-44(17-22-56(51)109)69(86(122)105-73)101-87(123)70(47)102-88(124)72-53-39-50(40-58(111)67(53)94)129-60-34-45(18-23-57(60)110)68(97-3)85(121)99-55(83(119)103-72)31-43-15-20-49(128-62)21-16-43/h15-24,32-40,42,55,64,68-80,82,91-92,97,107-111,113-118H,5-14,25-31,41,95-96H2,1-4H3,(H,98,120)(H,99,121)(H,100,112)(H,101,123)(H,102,124)(H,103,119)(H,104,125)(H,105,122)/t55-,64-,68+,69-,70-,71+,72+,73+,74-,75-,76-,77-,78+,79+,80+,82+,91-,92+/m1/s1. The molecular weight excluding hydrogens is 1790 g/mol. The van der Waals surface area contributed by atoms with E-state index in [-0.39, 0.29) is 47.8 Å². The van der Waals surface area contributed by atoms with Crippen LogP contribution in [0.5, 0.6) is 69.0 Å². The van der Waals surface area contributed by atoms with Crippen molar-refractivity contribution in [2.24, 2.45) is 17.4 Å². The van der Waals surface area contributed by atoms with Gasteiger partial charge in [0, 0.05) is 48.2 Å². The molecule has 7 aromatic carbocycles. The number of unbranched alkanes of at least 4 members (excludes halogenated alkanes) is 4. The van der Waals surface area contributed by atoms with Gasteiger partial charge in [0.05, 0.1) is 23.8 Å². The summed E-state index contributed by atoms with van der Waals surface area (Å²) < 4.78 is 50.1. The van der Waals surface area contributed by atoms with E-state index < -0.39 is 271 Å². The Hall–Kier alpha value is -12.0. The number of methoxy groups -OCH3 is 1. The third-order valence-corrected chi connectivity index (χ3v) is 24.6. The average Bonchev–Trinajstić information content (AvgIpc) is 0.762. The lowest BCUT2D eigenvalue weighted by Crippen LogP contribution is -2.66. The Labute approximate surface area is 778 Å². The predicted molar refractivity (Wildman–Crippen MR) is 477 cm³/mol. The van der Waals surface area contributed by atoms with Crippen molar-refractivity contribution in [1.29, 1.82) is 0 Å². The zero-order valence-corrected chi connectivity index (χ0v) is 74.9. The number of hydrogen-bond acceptors (Lipinski definition) is 32. The Morgan fingerprint density at radius 1 is 0.560 bits per heavy atom. The van der Waals surface area contributed by atoms with E-state index in [1.165, 1.54) is 55.6 Å². The van der Waals surface area contributed by atoms with Crippen LogP contribution in [0, 0.1) is 5.92 Å². The number of phenols is 4. The van der Waals surface area contributed by atoms with Gasteiger partial charge in [-0.1, -0.05) is 99.5 Å². The number of aliphatic hydroxyl groups excluding tert-OH is 7. The maximum atomic E-state index is 16.9. The van der Waals surface area contributed by atoms with Crippen LogP contribution in [-0.2, 0) is 63.8 Å². The summed E-state index contributed by atoms with van der Waals surface area (Å²) in [5.41, 5.74) is 9.11. The summed E-state index contributed by atoms with van der Waals surface area (Å²) >= 11 is 14.4. The summed E-state index contributed by atoms with van der Waals surface area (Å²) in [5.74, 6) is -16.8. The molecule has 0 saturated carbocycles. The number of ether oxygens (including phenoxy) is 8. The number of nitrogens with zero attached hydrogens (tertiary/aromatic N) is 1. The highest BCUT2D eigenvalue weighted by atomic mass is 35.5. The molecule has 8 aliphatic rings. The Bertz CT molecular complexity index is 5460. The lowest BCUT2D eigenvalue weighted by Gasteiger charge is -2.41. The van der Waals surface area contributed by atoms with Gasteiger partial charge in [-0.05, 0) is 178 Å². The van der Waals surface area contributed by atoms with Crippen LogP contribution < -0.4 is 83.0 Å². The van der Waals surface area contributed by atoms with Crippen molar-refractivity contribution < 1.29 is 137 Å². The summed E-state index contributed by atoms with van der Waals surface area (Å²) in [6.07, 6.45) is -15.2. The normalized spacial score (nSPS) is 25.2. The molecule has 0 radical (unpaired) electrons. The second-order valence-electron chi connectivity index (χ2n) is 33.9. The molecule has 0 aliphatic carbocycles. The largest absolute Gasteiger partial charge is 0.508 e. The number of benzene rings is 7. The van der Waals surface area contributed by atoms with E-state index in [1.807, 2.05) is 0 Å². The van der Waals surface area contributed by atoms with Gasteiger partial charge < -0.3 is 158 Å². The molecular formula is C92H110Cl2N12O28. The zero-order valence-electron chi connectivity index (χ0n) is 73.4. The number of esters is 1. The average molecular weight is 1900 g/mol. The summed E-state index contributed by atoms with van der Waals surface area (Å²) in [5, 5.41) is 152. The number of carbonyl (C=O) groups excluding carboxylic acids is 9. The number of carbonyl (C=O) groups is 9. The number of amides is 8. The van der Waals surface area contributed by atoms with Crippen LogP contribution in [0.3, 0.4) is 0 Å². The minimum atomic E-state index is -2.45. The van der Waals surface area contributed by atoms with Gasteiger partial charge in [-0.3, -0.25) is 38.4 Å². The number of phenolic OH excluding ortho intramolecular Hbond substituents is 4. The van der Waals surface area contributed by atoms with E-state index >= 15 is 28.8 Å². The Morgan fingerprint density at radius 3 is 1.90 bits per heavy atom. The van der Waals surface area contributed by atoms with Gasteiger partial charge in [-0.25, -0.2) is 4.79 Å². The summed E-state index contributed by atoms with van der Waals surface area (Å²) in [6, 6.07) is 5.93. The van der Waals surface area contributed by atoms with Crippen molar-refractivity contribution in [3.8, 4) is 80.1 Å². The van der Waals surface area contributed by atoms with Gasteiger partial charge in [-0.15, -0.1) is 0 Å². The van der Waals surface area contributed by atoms with Gasteiger partial charge in [0.2, 0.25) is 65.6 Å². The van der Waals surface area contributed by atoms with E-state index in [2.05, 4.69) is 66.6 Å². The maximum absolute atomic E-state index is 16.9. The van der Waals surface area contributed by atoms with Gasteiger partial charge in [0.15, 0.2) is 29.1 Å². The first-order valence-electron chi connectivity index (χ1n) is 43.9. The van der Waals surface area contributed by atoms with Crippen molar-refractivity contribution in [3.05, 3.63) is 164 Å². The molecule has 8 aliphatic heterocycles. The number of aromatic hydroxyl groups is 4. The van der Waals surface area contributed by atoms with Crippen molar-refractivity contribution in [2.75, 3.05) is 60.0 Å². The first-order chi connectivity index (χ1) is 64.2. The SMILES string of the molecule is CN[C@@H]1C(=O)N[C@@H]2Cc3ccc(cc3)Oc3cc4cc(c3O[C@@H]3O[C@H](C(=O)OC)[C@@H](O)[C@H](O)[C@H]3NC(=O)CCCCCCCC(C)C)Oc3ccc(cc3Cl)[C@@H](O)[C@@H]3NC(=O)[C@H](NC(=O)[C@@H]4NC(=O)[C@@H](NC2=O)c2cc(cc(O)c2Cl)Oc2cc1ccc2O)c1ccc(O)c(c1)-c1c(O[C@H]2O[C@H](CO)[C@@H](O)[C@H](O)[C@@H]2O)cc(O)cc1[C@@H](C(=O)NCCCN(CCCN)CCCN)NC3=O. The Kier molecular flexibility index (Phi) is 33.0. The first-order valence-corrected chi connectivity index (χ1v) is 44.7. The van der Waals surface area contributed by atoms with Crippen LogP contribution in [0.1, 0.15) is 153 Å². The van der Waals surface area contributed by atoms with Gasteiger partial charge in [0.25, 0.3) is 0 Å². The third kappa shape index (κ3) is 23.0. The van der Waals surface area contributed by atoms with Gasteiger partial charge in [-0.2, -0.15) is 0 Å². The van der Waals surface area contributed by atoms with Crippen molar-refractivity contribution in [1.82, 2.24) is 52.8 Å². The highest BCUT2D eigenvalue weighted by molar-refractivity contribution is 6.33. The predicted octanol–water partition coefficient (Wildman–Crippen LogP) is 3.30. The third-order valence-electron chi connectivity index (χ3n) is 23.9. The van der Waals surface area contributed by atoms with Crippen LogP contribution in [0.2, 0.25) is 10.0 Å². The topological polar surface area (TPSA) is 614 Å². The molecule has 720 valence electrons. The zero-order chi connectivity index (χ0) is 96.2. The molecule has 0 aromatic heterocycles. The number of nitrogens with two attached hydrogens (primary N) is 2. The second-order valence-corrected chi connectivity index (χ2v) is 34.6. The summed E-state index contributed by atoms with van der Waals surface area (Å²) in [4.78, 5) is 142. The molecule has 40 nitrogen and oxygen atoms in total. The number of likely N-dealkylation sites (N-methyl/N-ethyl adjacent to an activating group) is 1. The molecule has 0 spiro atoms. The fourth-order valence-corrected chi connectivity index (χ4v) is 17.2. The maximum Gasteiger partial charge on any atom is 0.337 e. The minimum absolute atomic E-state index is 0.124. The fraction of sp³-hybridized carbons (Fsp3) is 0.446. The molecule has 7 aromatic rings. The number of rotatable bonds is 27. The molecule has 8 heterocycles. The summed E-state index contributed by atoms with van der Waals surface area (Å²) in [7, 11) is 2.40. The molecule has 134 heavy (non-hydrogen) atoms. The van der Waals surface area contributed by atoms with Crippen molar-refractivity contribution in [2.45, 2.75) is 194 Å². The smallest absolute Gasteiger partial charge is 0.337 e. The number of fused-ring (bicyclic) bond motifs is 14. The highest BCUT2D eigenvalue weighted by Gasteiger charge is 2.52. The fourth-order valence-electron chi connectivity index (χ4n) is 16.7. The van der Waals surface area contributed by atoms with Gasteiger partial charge >= 0.3 is 5.97 Å². The summed E-state index contributed by atoms with van der Waals surface area (Å²) in [6.45, 7) is 5.36. The van der Waals surface area contributed by atoms with Crippen LogP contribution in [0.25, 0.3) is 11.1 Å². The quantitative estimate of drug-likeness (QED) is 0.0259. The highest BCUT2D eigenvalue weighted by Crippen LogP contribution is 2.51. The number of halogens is 2. The second kappa shape index (κ2) is 44.5. The van der Waals surface area contributed by atoms with Crippen molar-refractivity contribution in [3.63, 3.8) is 0 Å². The molecule has 15 rings (SSSR count). The molecule has 0 unspecified atom stereocenters. The molecule has 18 atom stereocenters. The number of nitrogens with one attached hydrogen (secondary N) is 9. The molecule has 2 fully saturated rings. The lowest BCUT2D eigenvalue weighted by molar-refractivity contribution is -0.277. The van der Waals surface area contributed by atoms with Crippen LogP contribution in [0.4, 0.5) is 0 Å². The van der Waals surface area contributed by atoms with E-state index in [4.69, 9.17) is 72.6 Å². The van der Waals surface area contributed by atoms with E-state index in [0.717, 1.165) is 99.5 Å². The number of hydrogen-bond donors (Lipinski definition) is 22. The van der Waals surface area contributed by atoms with Crippen LogP contribution >= 0.6 is 23.2 Å². The van der Waals surface area contributed by atoms with Crippen molar-refractivity contribution >= 4 is 76.4 Å². The first kappa shape index (κ1) is 99.5. The molecule has 42 heteroatoms. The van der Waals surface area contributed by atoms with E-state index in [0.29, 0.717) is 69.9 Å². The molecule has 17 bridgehead atoms. The van der Waals surface area contributed by atoms with E-state index in [9.17, 15) is 70.6 Å². The Balaban J connectivity index is 1.04. The molecule has 2 saturated heterocycles. The number of aliphatic hydroxyl groups is 7. The molecule has 8 amide bonds. The van der Waals surface area contributed by atoms with Gasteiger partial charge in [0.1, 0.15) is 131 Å².